The van der Waals surface area contributed by atoms with Gasteiger partial charge in [-0.1, -0.05) is 55.3 Å². The van der Waals surface area contributed by atoms with Gasteiger partial charge in [-0.05, 0) is 44.1 Å². The normalized spacial score (nSPS) is 27.8. The molecule has 0 aromatic heterocycles. The van der Waals surface area contributed by atoms with Crippen molar-refractivity contribution in [2.45, 2.75) is 53.6 Å². The minimum Gasteiger partial charge on any atom is -0.334 e. The molecular weight excluding hydrogens is 358 g/mol. The Morgan fingerprint density at radius 2 is 1.85 bits per heavy atom. The summed E-state index contributed by atoms with van der Waals surface area (Å²) in [6.07, 6.45) is 2.73. The molecule has 0 radical (unpaired) electrons. The van der Waals surface area contributed by atoms with Crippen LogP contribution in [0.15, 0.2) is 35.9 Å². The topological polar surface area (TPSA) is 54.5 Å². The van der Waals surface area contributed by atoms with E-state index in [4.69, 9.17) is 0 Å². The van der Waals surface area contributed by atoms with Gasteiger partial charge in [0.2, 0.25) is 5.91 Å². The van der Waals surface area contributed by atoms with Crippen molar-refractivity contribution in [1.82, 2.24) is 4.90 Å². The number of carbonyl (C=O) groups is 1. The van der Waals surface area contributed by atoms with Crippen molar-refractivity contribution in [3.63, 3.8) is 0 Å². The summed E-state index contributed by atoms with van der Waals surface area (Å²) in [6.45, 7) is 10.9. The molecule has 3 unspecified atom stereocenters. The number of carbonyl (C=O) groups excluding carboxylic acids is 1. The van der Waals surface area contributed by atoms with E-state index in [-0.39, 0.29) is 40.7 Å². The maximum absolute atomic E-state index is 13.5. The molecular formula is C22H31NO3S. The van der Waals surface area contributed by atoms with E-state index in [1.54, 1.807) is 0 Å². The minimum atomic E-state index is -3.05. The Kier molecular flexibility index (Phi) is 5.28. The van der Waals surface area contributed by atoms with Crippen LogP contribution in [0.5, 0.6) is 0 Å². The molecule has 1 saturated heterocycles. The first-order valence-electron chi connectivity index (χ1n) is 9.73. The van der Waals surface area contributed by atoms with Crippen molar-refractivity contribution in [2.24, 2.45) is 17.3 Å². The highest BCUT2D eigenvalue weighted by atomic mass is 32.2. The van der Waals surface area contributed by atoms with E-state index >= 15 is 0 Å². The number of hydrogen-bond donors (Lipinski definition) is 0. The first-order chi connectivity index (χ1) is 12.5. The number of benzene rings is 1. The molecule has 3 atom stereocenters. The van der Waals surface area contributed by atoms with E-state index in [1.807, 2.05) is 36.1 Å². The SMILES string of the molecule is CC(C)=CC1C(C(=O)N(Cc2ccc(C)cc2)C2CCS(=O)(=O)C2)C1(C)C. The summed E-state index contributed by atoms with van der Waals surface area (Å²) >= 11 is 0. The number of aryl methyl sites for hydroxylation is 1. The summed E-state index contributed by atoms with van der Waals surface area (Å²) < 4.78 is 24.1. The molecule has 27 heavy (non-hydrogen) atoms. The first-order valence-corrected chi connectivity index (χ1v) is 11.5. The molecule has 3 rings (SSSR count). The second kappa shape index (κ2) is 7.08. The summed E-state index contributed by atoms with van der Waals surface area (Å²) in [5.41, 5.74) is 3.37. The minimum absolute atomic E-state index is 0.0684. The number of sulfone groups is 1. The van der Waals surface area contributed by atoms with Crippen molar-refractivity contribution in [1.29, 1.82) is 0 Å². The van der Waals surface area contributed by atoms with Gasteiger partial charge in [0.15, 0.2) is 9.84 Å². The average molecular weight is 390 g/mol. The number of rotatable bonds is 5. The Morgan fingerprint density at radius 1 is 1.22 bits per heavy atom. The molecule has 1 amide bonds. The lowest BCUT2D eigenvalue weighted by atomic mass is 10.1. The van der Waals surface area contributed by atoms with Crippen molar-refractivity contribution in [3.05, 3.63) is 47.0 Å². The zero-order valence-electron chi connectivity index (χ0n) is 17.0. The van der Waals surface area contributed by atoms with Gasteiger partial charge in [-0.3, -0.25) is 4.79 Å². The first kappa shape index (κ1) is 20.1. The van der Waals surface area contributed by atoms with Gasteiger partial charge in [-0.15, -0.1) is 0 Å². The second-order valence-corrected chi connectivity index (χ2v) is 11.3. The molecule has 2 aliphatic rings. The molecule has 1 aliphatic heterocycles. The summed E-state index contributed by atoms with van der Waals surface area (Å²) in [5.74, 6) is 0.533. The molecule has 0 N–H and O–H groups in total. The zero-order valence-corrected chi connectivity index (χ0v) is 17.8. The second-order valence-electron chi connectivity index (χ2n) is 9.08. The van der Waals surface area contributed by atoms with Crippen LogP contribution in [-0.2, 0) is 21.2 Å². The van der Waals surface area contributed by atoms with Crippen molar-refractivity contribution >= 4 is 15.7 Å². The monoisotopic (exact) mass is 389 g/mol. The fraction of sp³-hybridized carbons (Fsp3) is 0.591. The molecule has 1 aromatic rings. The average Bonchev–Trinajstić information content (AvgIpc) is 2.90. The molecule has 0 spiro atoms. The van der Waals surface area contributed by atoms with Crippen LogP contribution in [0.25, 0.3) is 0 Å². The van der Waals surface area contributed by atoms with Crippen LogP contribution in [0.4, 0.5) is 0 Å². The molecule has 5 heteroatoms. The third-order valence-corrected chi connectivity index (χ3v) is 7.85. The quantitative estimate of drug-likeness (QED) is 0.721. The third-order valence-electron chi connectivity index (χ3n) is 6.10. The van der Waals surface area contributed by atoms with E-state index in [0.29, 0.717) is 13.0 Å². The van der Waals surface area contributed by atoms with Crippen molar-refractivity contribution in [3.8, 4) is 0 Å². The highest BCUT2D eigenvalue weighted by molar-refractivity contribution is 7.91. The Bertz CT molecular complexity index is 848. The number of amides is 1. The molecule has 1 heterocycles. The van der Waals surface area contributed by atoms with E-state index in [9.17, 15) is 13.2 Å². The van der Waals surface area contributed by atoms with Gasteiger partial charge in [0.25, 0.3) is 0 Å². The van der Waals surface area contributed by atoms with Crippen LogP contribution < -0.4 is 0 Å². The molecule has 148 valence electrons. The number of nitrogens with zero attached hydrogens (tertiary/aromatic N) is 1. The van der Waals surface area contributed by atoms with E-state index in [2.05, 4.69) is 33.8 Å². The third kappa shape index (κ3) is 4.29. The highest BCUT2D eigenvalue weighted by Gasteiger charge is 2.61. The molecule has 1 saturated carbocycles. The Hall–Kier alpha value is -1.62. The molecule has 4 nitrogen and oxygen atoms in total. The van der Waals surface area contributed by atoms with Crippen LogP contribution in [0.1, 0.15) is 45.2 Å². The lowest BCUT2D eigenvalue weighted by Crippen LogP contribution is -2.42. The Labute approximate surface area is 163 Å². The van der Waals surface area contributed by atoms with Crippen LogP contribution in [0.2, 0.25) is 0 Å². The van der Waals surface area contributed by atoms with Gasteiger partial charge in [0.05, 0.1) is 17.4 Å². The van der Waals surface area contributed by atoms with E-state index < -0.39 is 9.84 Å². The fourth-order valence-corrected chi connectivity index (χ4v) is 6.03. The van der Waals surface area contributed by atoms with Crippen molar-refractivity contribution < 1.29 is 13.2 Å². The predicted octanol–water partition coefficient (Wildman–Crippen LogP) is 3.75. The molecule has 2 fully saturated rings. The van der Waals surface area contributed by atoms with Gasteiger partial charge < -0.3 is 4.90 Å². The van der Waals surface area contributed by atoms with Gasteiger partial charge in [-0.2, -0.15) is 0 Å². The summed E-state index contributed by atoms with van der Waals surface area (Å²) in [4.78, 5) is 15.3. The summed E-state index contributed by atoms with van der Waals surface area (Å²) in [5, 5.41) is 0. The Balaban J connectivity index is 1.86. The van der Waals surface area contributed by atoms with Crippen LogP contribution >= 0.6 is 0 Å². The molecule has 1 aliphatic carbocycles. The summed E-state index contributed by atoms with van der Waals surface area (Å²) in [6, 6.07) is 7.93. The predicted molar refractivity (Wildman–Crippen MR) is 109 cm³/mol. The fourth-order valence-electron chi connectivity index (χ4n) is 4.30. The smallest absolute Gasteiger partial charge is 0.227 e. The van der Waals surface area contributed by atoms with Crippen LogP contribution in [-0.4, -0.2) is 36.8 Å². The van der Waals surface area contributed by atoms with Gasteiger partial charge in [-0.25, -0.2) is 8.42 Å². The van der Waals surface area contributed by atoms with Crippen molar-refractivity contribution in [2.75, 3.05) is 11.5 Å². The van der Waals surface area contributed by atoms with Crippen LogP contribution in [0, 0.1) is 24.2 Å². The number of allylic oxidation sites excluding steroid dienone is 2. The Morgan fingerprint density at radius 3 is 2.37 bits per heavy atom. The lowest BCUT2D eigenvalue weighted by Gasteiger charge is -2.29. The van der Waals surface area contributed by atoms with E-state index in [1.165, 1.54) is 11.1 Å². The zero-order chi connectivity index (χ0) is 20.0. The van der Waals surface area contributed by atoms with Gasteiger partial charge >= 0.3 is 0 Å². The van der Waals surface area contributed by atoms with Gasteiger partial charge in [0.1, 0.15) is 0 Å². The molecule has 0 bridgehead atoms. The van der Waals surface area contributed by atoms with Crippen LogP contribution in [0.3, 0.4) is 0 Å². The summed E-state index contributed by atoms with van der Waals surface area (Å²) in [7, 11) is -3.05. The number of hydrogen-bond acceptors (Lipinski definition) is 3. The highest BCUT2D eigenvalue weighted by Crippen LogP contribution is 2.60. The standard InChI is InChI=1S/C22H31NO3S/c1-15(2)12-19-20(22(19,4)5)21(24)23(18-10-11-27(25,26)14-18)13-17-8-6-16(3)7-9-17/h6-9,12,18-20H,10-11,13-14H2,1-5H3. The van der Waals surface area contributed by atoms with E-state index in [0.717, 1.165) is 5.56 Å². The maximum atomic E-state index is 13.5. The largest absolute Gasteiger partial charge is 0.334 e. The molecule has 1 aromatic carbocycles. The maximum Gasteiger partial charge on any atom is 0.227 e. The lowest BCUT2D eigenvalue weighted by molar-refractivity contribution is -0.136. The van der Waals surface area contributed by atoms with Gasteiger partial charge in [0, 0.05) is 12.6 Å².